The van der Waals surface area contributed by atoms with Gasteiger partial charge in [-0.3, -0.25) is 0 Å². The first-order valence-corrected chi connectivity index (χ1v) is 16.2. The molecule has 196 valence electrons. The average Bonchev–Trinajstić information content (AvgIpc) is 2.81. The minimum absolute atomic E-state index is 0. The number of unbranched alkanes of at least 4 members (excludes halogenated alkanes) is 15. The first-order valence-electron chi connectivity index (χ1n) is 14.3. The number of hydrogen-bond donors (Lipinski definition) is 0. The zero-order valence-electron chi connectivity index (χ0n) is 23.5. The molecule has 0 amide bonds. The van der Waals surface area contributed by atoms with Gasteiger partial charge in [-0.25, -0.2) is 0 Å². The quantitative estimate of drug-likeness (QED) is 0.0665. The van der Waals surface area contributed by atoms with Gasteiger partial charge in [-0.2, -0.15) is 24.6 Å². The van der Waals surface area contributed by atoms with Gasteiger partial charge in [-0.15, -0.1) is 20.1 Å². The van der Waals surface area contributed by atoms with Crippen molar-refractivity contribution in [1.82, 2.24) is 0 Å². The van der Waals surface area contributed by atoms with Crippen LogP contribution in [0.3, 0.4) is 0 Å². The van der Waals surface area contributed by atoms with E-state index in [-0.39, 0.29) is 35.5 Å². The van der Waals surface area contributed by atoms with E-state index in [1.807, 2.05) is 30.3 Å². The second-order valence-electron chi connectivity index (χ2n) is 9.63. The molecule has 1 aromatic rings. The first kappa shape index (κ1) is 39.1. The maximum atomic E-state index is 3.72. The molecular formula is C31H58ClMgP. The molecule has 0 aliphatic rings. The molecular weight excluding hydrogens is 463 g/mol. The van der Waals surface area contributed by atoms with Gasteiger partial charge in [0, 0.05) is 0 Å². The fraction of sp³-hybridized carbons (Fsp3) is 0.774. The van der Waals surface area contributed by atoms with E-state index in [1.165, 1.54) is 116 Å². The Balaban J connectivity index is -0.000000907. The Labute approximate surface area is 239 Å². The van der Waals surface area contributed by atoms with Crippen LogP contribution >= 0.6 is 7.92 Å². The summed E-state index contributed by atoms with van der Waals surface area (Å²) < 4.78 is 0. The summed E-state index contributed by atoms with van der Waals surface area (Å²) in [5.74, 6) is 0. The van der Waals surface area contributed by atoms with Gasteiger partial charge in [0.25, 0.3) is 0 Å². The van der Waals surface area contributed by atoms with Crippen molar-refractivity contribution >= 4 is 31.0 Å². The Kier molecular flexibility index (Phi) is 38.6. The molecule has 0 N–H and O–H groups in total. The van der Waals surface area contributed by atoms with Crippen LogP contribution in [0.2, 0.25) is 0 Å². The summed E-state index contributed by atoms with van der Waals surface area (Å²) in [5.41, 5.74) is 1.07. The molecule has 0 spiro atoms. The van der Waals surface area contributed by atoms with E-state index in [1.54, 1.807) is 18.5 Å². The number of hydrogen-bond acceptors (Lipinski definition) is 0. The zero-order chi connectivity index (χ0) is 23.5. The third-order valence-electron chi connectivity index (χ3n) is 6.33. The van der Waals surface area contributed by atoms with Crippen LogP contribution in [0.25, 0.3) is 0 Å². The third kappa shape index (κ3) is 30.6. The molecule has 0 aromatic heterocycles. The van der Waals surface area contributed by atoms with Gasteiger partial charge < -0.3 is 12.4 Å². The van der Waals surface area contributed by atoms with Crippen LogP contribution in [0.5, 0.6) is 0 Å². The minimum atomic E-state index is 0. The molecule has 0 aliphatic heterocycles. The fourth-order valence-electron chi connectivity index (χ4n) is 4.16. The molecule has 0 radical (unpaired) electrons. The second-order valence-corrected chi connectivity index (χ2v) is 12.3. The Bertz CT molecular complexity index is 416. The van der Waals surface area contributed by atoms with E-state index in [2.05, 4.69) is 27.7 Å². The van der Waals surface area contributed by atoms with E-state index >= 15 is 0 Å². The SMILES string of the molecule is CCCCCCCCP(CCCCCCCC)CCCCCCCC.[CH2-]c1ccccc1.[Cl-].[Mg+2]. The molecule has 1 aromatic carbocycles. The number of rotatable bonds is 21. The topological polar surface area (TPSA) is 0 Å². The standard InChI is InChI=1S/C24H51P.C7H7.ClH.Mg/c1-4-7-10-13-16-19-22-25(23-20-17-14-11-8-5-2)24-21-18-15-12-9-6-3;1-7-5-3-2-4-6-7;;/h4-24H2,1-3H3;2-6H,1H2;1H;/q;-1;;+2/p-1. The fourth-order valence-corrected chi connectivity index (χ4v) is 6.84. The first-order chi connectivity index (χ1) is 15.7. The predicted octanol–water partition coefficient (Wildman–Crippen LogP) is 8.04. The van der Waals surface area contributed by atoms with Gasteiger partial charge >= 0.3 is 23.1 Å². The Morgan fingerprint density at radius 3 is 1.06 bits per heavy atom. The summed E-state index contributed by atoms with van der Waals surface area (Å²) >= 11 is 0. The van der Waals surface area contributed by atoms with Crippen molar-refractivity contribution in [3.63, 3.8) is 0 Å². The van der Waals surface area contributed by atoms with Gasteiger partial charge in [0.15, 0.2) is 0 Å². The second kappa shape index (κ2) is 33.6. The van der Waals surface area contributed by atoms with E-state index in [9.17, 15) is 0 Å². The molecule has 0 nitrogen and oxygen atoms in total. The molecule has 0 saturated carbocycles. The summed E-state index contributed by atoms with van der Waals surface area (Å²) in [6, 6.07) is 9.87. The summed E-state index contributed by atoms with van der Waals surface area (Å²) in [6.07, 6.45) is 31.2. The maximum absolute atomic E-state index is 3.72. The van der Waals surface area contributed by atoms with Crippen molar-refractivity contribution in [2.75, 3.05) is 18.5 Å². The van der Waals surface area contributed by atoms with Crippen LogP contribution in [0.15, 0.2) is 30.3 Å². The summed E-state index contributed by atoms with van der Waals surface area (Å²) in [5, 5.41) is 0. The smallest absolute Gasteiger partial charge is 1.00 e. The molecule has 3 heteroatoms. The maximum Gasteiger partial charge on any atom is 2.00 e. The molecule has 34 heavy (non-hydrogen) atoms. The third-order valence-corrected chi connectivity index (χ3v) is 9.17. The monoisotopic (exact) mass is 520 g/mol. The van der Waals surface area contributed by atoms with Gasteiger partial charge in [0.1, 0.15) is 0 Å². The summed E-state index contributed by atoms with van der Waals surface area (Å²) in [7, 11) is 0.366. The molecule has 0 saturated heterocycles. The average molecular weight is 522 g/mol. The zero-order valence-corrected chi connectivity index (χ0v) is 26.5. The molecule has 0 aliphatic carbocycles. The molecule has 0 bridgehead atoms. The van der Waals surface area contributed by atoms with Gasteiger partial charge in [0.05, 0.1) is 0 Å². The van der Waals surface area contributed by atoms with Crippen LogP contribution in [0.4, 0.5) is 0 Å². The predicted molar refractivity (Wildman–Crippen MR) is 158 cm³/mol. The van der Waals surface area contributed by atoms with Crippen molar-refractivity contribution in [3.05, 3.63) is 42.8 Å². The van der Waals surface area contributed by atoms with Crippen LogP contribution in [0.1, 0.15) is 142 Å². The van der Waals surface area contributed by atoms with Gasteiger partial charge in [-0.1, -0.05) is 123 Å². The molecule has 0 heterocycles. The van der Waals surface area contributed by atoms with Crippen molar-refractivity contribution in [2.45, 2.75) is 136 Å². The minimum Gasteiger partial charge on any atom is -1.00 e. The van der Waals surface area contributed by atoms with Gasteiger partial charge in [0.2, 0.25) is 0 Å². The van der Waals surface area contributed by atoms with Crippen LogP contribution in [-0.2, 0) is 0 Å². The van der Waals surface area contributed by atoms with Crippen molar-refractivity contribution in [2.24, 2.45) is 0 Å². The van der Waals surface area contributed by atoms with Crippen molar-refractivity contribution in [3.8, 4) is 0 Å². The molecule has 1 rings (SSSR count). The molecule has 0 unspecified atom stereocenters. The van der Waals surface area contributed by atoms with E-state index in [4.69, 9.17) is 0 Å². The number of benzene rings is 1. The van der Waals surface area contributed by atoms with E-state index in [0.717, 1.165) is 5.56 Å². The van der Waals surface area contributed by atoms with Crippen molar-refractivity contribution < 1.29 is 12.4 Å². The summed E-state index contributed by atoms with van der Waals surface area (Å²) in [4.78, 5) is 0. The van der Waals surface area contributed by atoms with Gasteiger partial charge in [-0.05, 0) is 37.7 Å². The summed E-state index contributed by atoms with van der Waals surface area (Å²) in [6.45, 7) is 10.7. The Hall–Kier alpha value is 0.576. The van der Waals surface area contributed by atoms with E-state index < -0.39 is 0 Å². The number of halogens is 1. The van der Waals surface area contributed by atoms with Crippen molar-refractivity contribution in [1.29, 1.82) is 0 Å². The Morgan fingerprint density at radius 2 is 0.794 bits per heavy atom. The van der Waals surface area contributed by atoms with Crippen LogP contribution in [-0.4, -0.2) is 41.5 Å². The van der Waals surface area contributed by atoms with E-state index in [0.29, 0.717) is 7.92 Å². The van der Waals surface area contributed by atoms with Crippen LogP contribution in [0, 0.1) is 6.92 Å². The normalized spacial score (nSPS) is 10.2. The van der Waals surface area contributed by atoms with Crippen LogP contribution < -0.4 is 12.4 Å². The largest absolute Gasteiger partial charge is 2.00 e. The molecule has 0 fully saturated rings. The molecule has 0 atom stereocenters. The Morgan fingerprint density at radius 1 is 0.500 bits per heavy atom.